The maximum Gasteiger partial charge on any atom is 0.471 e. The minimum atomic E-state index is -5.78. The van der Waals surface area contributed by atoms with E-state index in [0.717, 1.165) is 25.7 Å². The van der Waals surface area contributed by atoms with Crippen LogP contribution in [0.15, 0.2) is 42.9 Å². The van der Waals surface area contributed by atoms with Crippen LogP contribution in [0.4, 0.5) is 45.3 Å². The fourth-order valence-electron chi connectivity index (χ4n) is 5.05. The number of ether oxygens (including phenoxy) is 1. The van der Waals surface area contributed by atoms with E-state index in [-0.39, 0.29) is 5.56 Å². The number of halogens is 9. The number of imide groups is 1. The highest BCUT2D eigenvalue weighted by molar-refractivity contribution is 6.08. The van der Waals surface area contributed by atoms with Gasteiger partial charge in [0, 0.05) is 18.3 Å². The average molecular weight is 675 g/mol. The van der Waals surface area contributed by atoms with E-state index in [2.05, 4.69) is 15.1 Å². The molecule has 3 aromatic heterocycles. The van der Waals surface area contributed by atoms with E-state index < -0.39 is 112 Å². The zero-order chi connectivity index (χ0) is 34.6. The Bertz CT molecular complexity index is 1910. The number of carbonyl (C=O) groups is 3. The number of fused-ring (bicyclic) bond motifs is 1. The van der Waals surface area contributed by atoms with E-state index in [9.17, 15) is 49.5 Å². The van der Waals surface area contributed by atoms with Crippen LogP contribution >= 0.6 is 0 Å². The zero-order valence-electron chi connectivity index (χ0n) is 23.4. The maximum absolute atomic E-state index is 15.4. The highest BCUT2D eigenvalue weighted by Crippen LogP contribution is 2.39. The summed E-state index contributed by atoms with van der Waals surface area (Å²) in [5.74, 6) is -9.68. The highest BCUT2D eigenvalue weighted by atomic mass is 19.4. The number of likely N-dealkylation sites (tertiary alicyclic amines) is 1. The summed E-state index contributed by atoms with van der Waals surface area (Å²) in [6.45, 7) is -2.10. The van der Waals surface area contributed by atoms with Gasteiger partial charge in [-0.3, -0.25) is 19.3 Å². The molecule has 2 N–H and O–H groups in total. The van der Waals surface area contributed by atoms with Crippen LogP contribution in [0.3, 0.4) is 0 Å². The van der Waals surface area contributed by atoms with Gasteiger partial charge in [-0.2, -0.15) is 31.4 Å². The van der Waals surface area contributed by atoms with Crippen molar-refractivity contribution in [2.75, 3.05) is 25.9 Å². The lowest BCUT2D eigenvalue weighted by Gasteiger charge is -2.29. The third kappa shape index (κ3) is 5.97. The third-order valence-electron chi connectivity index (χ3n) is 7.14. The molecule has 11 nitrogen and oxygen atoms in total. The van der Waals surface area contributed by atoms with Gasteiger partial charge in [0.05, 0.1) is 36.5 Å². The molecule has 4 heterocycles. The molecule has 47 heavy (non-hydrogen) atoms. The minimum Gasteiger partial charge on any atom is -0.480 e. The van der Waals surface area contributed by atoms with E-state index in [1.807, 2.05) is 0 Å². The Morgan fingerprint density at radius 3 is 2.34 bits per heavy atom. The summed E-state index contributed by atoms with van der Waals surface area (Å²) < 4.78 is 132. The smallest absolute Gasteiger partial charge is 0.471 e. The second-order valence-corrected chi connectivity index (χ2v) is 10.0. The number of rotatable bonds is 5. The van der Waals surface area contributed by atoms with Gasteiger partial charge in [0.1, 0.15) is 35.2 Å². The first kappa shape index (κ1) is 32.9. The summed E-state index contributed by atoms with van der Waals surface area (Å²) in [7, 11) is 0.929. The fraction of sp³-hybridized carbons (Fsp3) is 0.259. The van der Waals surface area contributed by atoms with Gasteiger partial charge in [-0.15, -0.1) is 0 Å². The van der Waals surface area contributed by atoms with Crippen LogP contribution < -0.4 is 10.5 Å². The molecule has 0 radical (unpaired) electrons. The van der Waals surface area contributed by atoms with Gasteiger partial charge in [0.2, 0.25) is 5.88 Å². The number of benzene rings is 1. The molecule has 1 saturated heterocycles. The number of carbonyl (C=O) groups excluding carboxylic acids is 3. The molecule has 3 amide bonds. The van der Waals surface area contributed by atoms with Crippen molar-refractivity contribution in [2.24, 2.45) is 0 Å². The molecule has 1 aliphatic rings. The normalized spacial score (nSPS) is 16.9. The standard InChI is InChI=1S/C27H18F9N7O4/c1-47-22-14(4-11(7-38-22)18-6-15(26(31,32)33)20-21(37)39-10-40-43(18)20)24(45)42(25(46)27(34,35)36)19-9-41(8-17(19)30)23(44)13-5-12(28)2-3-16(13)29/h2-7,10,17,19H,8-9H2,1H3,(H2,37,39,40)/t17-,19+/m0/s1. The molecule has 0 spiro atoms. The number of pyridine rings is 1. The summed E-state index contributed by atoms with van der Waals surface area (Å²) in [6, 6.07) is 0.711. The van der Waals surface area contributed by atoms with Crippen molar-refractivity contribution in [3.05, 3.63) is 71.2 Å². The Morgan fingerprint density at radius 1 is 1.00 bits per heavy atom. The maximum atomic E-state index is 15.4. The number of amides is 3. The SMILES string of the molecule is COc1ncc(-c2cc(C(F)(F)F)c3c(N)ncnn23)cc1C(=O)N(C(=O)C(F)(F)F)[C@@H]1CN(C(=O)c2cc(F)ccc2F)C[C@@H]1F. The first-order valence-corrected chi connectivity index (χ1v) is 13.0. The Labute approximate surface area is 256 Å². The molecule has 20 heteroatoms. The molecule has 5 rings (SSSR count). The van der Waals surface area contributed by atoms with Crippen LogP contribution in [0.5, 0.6) is 5.88 Å². The lowest BCUT2D eigenvalue weighted by atomic mass is 10.1. The number of hydrogen-bond acceptors (Lipinski definition) is 8. The second kappa shape index (κ2) is 11.7. The van der Waals surface area contributed by atoms with Crippen molar-refractivity contribution in [1.29, 1.82) is 0 Å². The Morgan fingerprint density at radius 2 is 1.70 bits per heavy atom. The number of anilines is 1. The van der Waals surface area contributed by atoms with Crippen molar-refractivity contribution in [2.45, 2.75) is 24.6 Å². The topological polar surface area (TPSA) is 136 Å². The van der Waals surface area contributed by atoms with Gasteiger partial charge in [0.25, 0.3) is 11.8 Å². The molecule has 248 valence electrons. The van der Waals surface area contributed by atoms with Crippen molar-refractivity contribution in [3.63, 3.8) is 0 Å². The zero-order valence-corrected chi connectivity index (χ0v) is 23.4. The van der Waals surface area contributed by atoms with Crippen LogP contribution in [-0.4, -0.2) is 85.7 Å². The van der Waals surface area contributed by atoms with Gasteiger partial charge in [-0.05, 0) is 30.3 Å². The van der Waals surface area contributed by atoms with Crippen LogP contribution in [0.2, 0.25) is 0 Å². The summed E-state index contributed by atoms with van der Waals surface area (Å²) in [5.41, 5.74) is 1.03. The van der Waals surface area contributed by atoms with Crippen molar-refractivity contribution < 1.29 is 58.6 Å². The molecule has 4 aromatic rings. The Hall–Kier alpha value is -5.43. The third-order valence-corrected chi connectivity index (χ3v) is 7.14. The van der Waals surface area contributed by atoms with E-state index in [0.29, 0.717) is 33.7 Å². The van der Waals surface area contributed by atoms with Crippen molar-refractivity contribution in [1.82, 2.24) is 29.4 Å². The first-order valence-electron chi connectivity index (χ1n) is 13.0. The predicted octanol–water partition coefficient (Wildman–Crippen LogP) is 4.07. The van der Waals surface area contributed by atoms with Crippen LogP contribution in [-0.2, 0) is 11.0 Å². The van der Waals surface area contributed by atoms with Gasteiger partial charge < -0.3 is 15.4 Å². The second-order valence-electron chi connectivity index (χ2n) is 10.0. The fourth-order valence-corrected chi connectivity index (χ4v) is 5.05. The van der Waals surface area contributed by atoms with Crippen molar-refractivity contribution >= 4 is 29.1 Å². The molecular weight excluding hydrogens is 657 g/mol. The molecular formula is C27H18F9N7O4. The lowest BCUT2D eigenvalue weighted by molar-refractivity contribution is -0.184. The summed E-state index contributed by atoms with van der Waals surface area (Å²) in [5, 5.41) is 3.73. The summed E-state index contributed by atoms with van der Waals surface area (Å²) >= 11 is 0. The van der Waals surface area contributed by atoms with Gasteiger partial charge in [0.15, 0.2) is 5.82 Å². The quantitative estimate of drug-likeness (QED) is 0.313. The predicted molar refractivity (Wildman–Crippen MR) is 140 cm³/mol. The van der Waals surface area contributed by atoms with Crippen LogP contribution in [0.25, 0.3) is 16.8 Å². The van der Waals surface area contributed by atoms with E-state index >= 15 is 4.39 Å². The number of alkyl halides is 7. The molecule has 1 aliphatic heterocycles. The van der Waals surface area contributed by atoms with E-state index in [4.69, 9.17) is 10.5 Å². The largest absolute Gasteiger partial charge is 0.480 e. The number of methoxy groups -OCH3 is 1. The number of nitrogen functional groups attached to an aromatic ring is 1. The molecule has 1 fully saturated rings. The first-order chi connectivity index (χ1) is 21.9. The highest BCUT2D eigenvalue weighted by Gasteiger charge is 2.52. The molecule has 0 bridgehead atoms. The summed E-state index contributed by atoms with van der Waals surface area (Å²) in [6.07, 6.45) is -11.6. The van der Waals surface area contributed by atoms with Gasteiger partial charge in [-0.1, -0.05) is 0 Å². The van der Waals surface area contributed by atoms with E-state index in [1.54, 1.807) is 0 Å². The number of nitrogens with zero attached hydrogens (tertiary/aromatic N) is 6. The Kier molecular flexibility index (Phi) is 8.23. The monoisotopic (exact) mass is 675 g/mol. The summed E-state index contributed by atoms with van der Waals surface area (Å²) in [4.78, 5) is 46.5. The molecule has 0 aliphatic carbocycles. The van der Waals surface area contributed by atoms with Gasteiger partial charge >= 0.3 is 18.3 Å². The number of hydrogen-bond donors (Lipinski definition) is 1. The Balaban J connectivity index is 1.59. The molecule has 2 atom stereocenters. The average Bonchev–Trinajstić information content (AvgIpc) is 3.59. The van der Waals surface area contributed by atoms with Gasteiger partial charge in [-0.25, -0.2) is 27.7 Å². The van der Waals surface area contributed by atoms with Crippen LogP contribution in [0.1, 0.15) is 26.3 Å². The number of nitrogens with two attached hydrogens (primary N) is 1. The molecule has 0 saturated carbocycles. The minimum absolute atomic E-state index is 0.362. The number of aromatic nitrogens is 4. The molecule has 1 aromatic carbocycles. The van der Waals surface area contributed by atoms with Crippen molar-refractivity contribution in [3.8, 4) is 17.1 Å². The lowest BCUT2D eigenvalue weighted by Crippen LogP contribution is -2.54. The van der Waals surface area contributed by atoms with E-state index in [1.165, 1.54) is 0 Å². The van der Waals surface area contributed by atoms with Crippen LogP contribution in [0, 0.1) is 11.6 Å². The molecule has 0 unspecified atom stereocenters.